The van der Waals surface area contributed by atoms with Crippen LogP contribution in [-0.2, 0) is 4.79 Å². The number of nitrogens with zero attached hydrogens (tertiary/aromatic N) is 4. The number of benzene rings is 2. The fraction of sp³-hybridized carbons (Fsp3) is 0.348. The summed E-state index contributed by atoms with van der Waals surface area (Å²) in [5.41, 5.74) is 1.04. The number of tetrazole rings is 1. The fourth-order valence-corrected chi connectivity index (χ4v) is 3.08. The maximum Gasteiger partial charge on any atom is 0.224 e. The highest BCUT2D eigenvalue weighted by Crippen LogP contribution is 2.19. The van der Waals surface area contributed by atoms with Crippen LogP contribution >= 0.6 is 0 Å². The van der Waals surface area contributed by atoms with E-state index in [2.05, 4.69) is 27.8 Å². The molecule has 3 rings (SSSR count). The molecule has 0 atom stereocenters. The minimum atomic E-state index is -0.522. The molecule has 0 aliphatic heterocycles. The molecular formula is C23H26FN5O3. The molecule has 0 unspecified atom stereocenters. The second-order valence-electron chi connectivity index (χ2n) is 7.36. The molecule has 0 spiro atoms. The average molecular weight is 439 g/mol. The van der Waals surface area contributed by atoms with Gasteiger partial charge < -0.3 is 10.1 Å². The number of rotatable bonds is 11. The Morgan fingerprint density at radius 1 is 1.09 bits per heavy atom. The smallest absolute Gasteiger partial charge is 0.224 e. The van der Waals surface area contributed by atoms with Crippen molar-refractivity contribution in [3.63, 3.8) is 0 Å². The molecule has 1 heterocycles. The van der Waals surface area contributed by atoms with E-state index in [1.165, 1.54) is 22.9 Å². The van der Waals surface area contributed by atoms with Gasteiger partial charge in [-0.05, 0) is 66.2 Å². The molecule has 1 amide bonds. The second kappa shape index (κ2) is 11.1. The van der Waals surface area contributed by atoms with Crippen LogP contribution in [0.4, 0.5) is 10.1 Å². The highest BCUT2D eigenvalue weighted by atomic mass is 19.1. The monoisotopic (exact) mass is 439 g/mol. The van der Waals surface area contributed by atoms with Gasteiger partial charge in [-0.2, -0.15) is 4.68 Å². The summed E-state index contributed by atoms with van der Waals surface area (Å²) in [6.45, 7) is 4.43. The lowest BCUT2D eigenvalue weighted by molar-refractivity contribution is -0.116. The third-order valence-corrected chi connectivity index (χ3v) is 4.86. The highest BCUT2D eigenvalue weighted by Gasteiger charge is 2.13. The van der Waals surface area contributed by atoms with Gasteiger partial charge in [0.1, 0.15) is 17.3 Å². The van der Waals surface area contributed by atoms with Crippen LogP contribution in [0.2, 0.25) is 0 Å². The summed E-state index contributed by atoms with van der Waals surface area (Å²) in [4.78, 5) is 24.7. The van der Waals surface area contributed by atoms with E-state index < -0.39 is 5.82 Å². The lowest BCUT2D eigenvalue weighted by Crippen LogP contribution is -2.14. The summed E-state index contributed by atoms with van der Waals surface area (Å²) in [6, 6.07) is 11.0. The molecule has 8 nitrogen and oxygen atoms in total. The molecule has 0 fully saturated rings. The first kappa shape index (κ1) is 23.1. The van der Waals surface area contributed by atoms with Crippen molar-refractivity contribution in [3.8, 4) is 11.4 Å². The van der Waals surface area contributed by atoms with Crippen LogP contribution in [-0.4, -0.2) is 38.5 Å². The first-order valence-electron chi connectivity index (χ1n) is 10.6. The number of Topliss-reactive ketones (excluding diaryl/α,β-unsaturated/α-hetero) is 1. The van der Waals surface area contributed by atoms with Gasteiger partial charge in [0, 0.05) is 24.1 Å². The normalized spacial score (nSPS) is 10.7. The number of aromatic nitrogens is 4. The summed E-state index contributed by atoms with van der Waals surface area (Å²) in [7, 11) is 0. The average Bonchev–Trinajstić information content (AvgIpc) is 3.22. The number of ether oxygens (including phenoxy) is 1. The van der Waals surface area contributed by atoms with E-state index in [0.717, 1.165) is 25.0 Å². The molecule has 9 heteroatoms. The van der Waals surface area contributed by atoms with Gasteiger partial charge in [0.15, 0.2) is 11.6 Å². The molecule has 0 aliphatic rings. The maximum atomic E-state index is 14.1. The van der Waals surface area contributed by atoms with Crippen molar-refractivity contribution in [1.82, 2.24) is 20.2 Å². The quantitative estimate of drug-likeness (QED) is 0.354. The molecule has 1 N–H and O–H groups in total. The van der Waals surface area contributed by atoms with Gasteiger partial charge in [0.25, 0.3) is 0 Å². The van der Waals surface area contributed by atoms with Crippen LogP contribution in [0.15, 0.2) is 42.5 Å². The number of ketones is 1. The summed E-state index contributed by atoms with van der Waals surface area (Å²) in [6.07, 6.45) is 3.31. The van der Waals surface area contributed by atoms with E-state index >= 15 is 0 Å². The molecule has 3 aromatic rings. The number of nitrogens with one attached hydrogen (secondary N) is 1. The second-order valence-corrected chi connectivity index (χ2v) is 7.36. The zero-order chi connectivity index (χ0) is 22.9. The Morgan fingerprint density at radius 2 is 1.88 bits per heavy atom. The number of carbonyl (C=O) groups is 2. The van der Waals surface area contributed by atoms with Crippen LogP contribution in [0.3, 0.4) is 0 Å². The molecule has 0 saturated carbocycles. The van der Waals surface area contributed by atoms with Crippen molar-refractivity contribution >= 4 is 17.4 Å². The number of amides is 1. The minimum absolute atomic E-state index is 0.00468. The van der Waals surface area contributed by atoms with E-state index in [4.69, 9.17) is 4.74 Å². The fourth-order valence-electron chi connectivity index (χ4n) is 3.08. The zero-order valence-corrected chi connectivity index (χ0v) is 18.2. The first-order chi connectivity index (χ1) is 15.5. The summed E-state index contributed by atoms with van der Waals surface area (Å²) in [5, 5.41) is 13.7. The van der Waals surface area contributed by atoms with Crippen molar-refractivity contribution in [2.75, 3.05) is 11.9 Å². The maximum absolute atomic E-state index is 14.1. The van der Waals surface area contributed by atoms with Crippen molar-refractivity contribution < 1.29 is 18.7 Å². The van der Waals surface area contributed by atoms with Crippen LogP contribution in [0.25, 0.3) is 5.69 Å². The summed E-state index contributed by atoms with van der Waals surface area (Å²) in [5.74, 6) is 0.129. The van der Waals surface area contributed by atoms with Gasteiger partial charge in [0.05, 0.1) is 6.61 Å². The Morgan fingerprint density at radius 3 is 2.56 bits per heavy atom. The van der Waals surface area contributed by atoms with Crippen LogP contribution < -0.4 is 10.1 Å². The Kier molecular flexibility index (Phi) is 8.02. The molecular weight excluding hydrogens is 413 g/mol. The molecule has 168 valence electrons. The summed E-state index contributed by atoms with van der Waals surface area (Å²) < 4.78 is 21.0. The molecule has 0 aliphatic carbocycles. The van der Waals surface area contributed by atoms with Gasteiger partial charge in [-0.15, -0.1) is 5.10 Å². The summed E-state index contributed by atoms with van der Waals surface area (Å²) >= 11 is 0. The number of carbonyl (C=O) groups excluding carboxylic acids is 2. The number of hydrogen-bond acceptors (Lipinski definition) is 6. The van der Waals surface area contributed by atoms with Crippen LogP contribution in [0.5, 0.6) is 5.75 Å². The predicted octanol–water partition coefficient (Wildman–Crippen LogP) is 4.28. The Bertz CT molecular complexity index is 1070. The van der Waals surface area contributed by atoms with E-state index in [-0.39, 0.29) is 30.2 Å². The van der Waals surface area contributed by atoms with Crippen molar-refractivity contribution in [2.45, 2.75) is 46.0 Å². The van der Waals surface area contributed by atoms with Gasteiger partial charge >= 0.3 is 0 Å². The number of aryl methyl sites for hydroxylation is 1. The van der Waals surface area contributed by atoms with E-state index in [0.29, 0.717) is 23.7 Å². The first-order valence-corrected chi connectivity index (χ1v) is 10.6. The lowest BCUT2D eigenvalue weighted by atomic mass is 10.1. The largest absolute Gasteiger partial charge is 0.494 e. The third-order valence-electron chi connectivity index (χ3n) is 4.86. The standard InChI is InChI=1S/C23H26FN5O3/c1-3-4-5-14-32-19-9-6-17(7-10-19)22(30)12-13-23(31)25-18-8-11-20(24)21(15-18)29-16(2)26-27-28-29/h6-11,15H,3-5,12-14H2,1-2H3,(H,25,31). The topological polar surface area (TPSA) is 99.0 Å². The third kappa shape index (κ3) is 6.19. The molecule has 0 bridgehead atoms. The Balaban J connectivity index is 1.51. The van der Waals surface area contributed by atoms with Gasteiger partial charge in [0.2, 0.25) is 5.91 Å². The molecule has 0 saturated heterocycles. The number of halogens is 1. The van der Waals surface area contributed by atoms with E-state index in [9.17, 15) is 14.0 Å². The number of hydrogen-bond donors (Lipinski definition) is 1. The Labute approximate surface area is 185 Å². The molecule has 0 radical (unpaired) electrons. The lowest BCUT2D eigenvalue weighted by Gasteiger charge is -2.09. The van der Waals surface area contributed by atoms with E-state index in [1.807, 2.05) is 0 Å². The Hall–Kier alpha value is -3.62. The number of unbranched alkanes of at least 4 members (excludes halogenated alkanes) is 2. The number of anilines is 1. The zero-order valence-electron chi connectivity index (χ0n) is 18.2. The molecule has 1 aromatic heterocycles. The highest BCUT2D eigenvalue weighted by molar-refractivity contribution is 6.00. The SMILES string of the molecule is CCCCCOc1ccc(C(=O)CCC(=O)Nc2ccc(F)c(-n3nnnc3C)c2)cc1. The van der Waals surface area contributed by atoms with Crippen molar-refractivity contribution in [2.24, 2.45) is 0 Å². The van der Waals surface area contributed by atoms with Crippen LogP contribution in [0, 0.1) is 12.7 Å². The molecule has 2 aromatic carbocycles. The van der Waals surface area contributed by atoms with Gasteiger partial charge in [-0.1, -0.05) is 19.8 Å². The minimum Gasteiger partial charge on any atom is -0.494 e. The van der Waals surface area contributed by atoms with Crippen molar-refractivity contribution in [1.29, 1.82) is 0 Å². The van der Waals surface area contributed by atoms with Crippen molar-refractivity contribution in [3.05, 3.63) is 59.7 Å². The van der Waals surface area contributed by atoms with Gasteiger partial charge in [-0.3, -0.25) is 9.59 Å². The van der Waals surface area contributed by atoms with E-state index in [1.54, 1.807) is 31.2 Å². The molecule has 32 heavy (non-hydrogen) atoms. The predicted molar refractivity (Wildman–Crippen MR) is 118 cm³/mol. The van der Waals surface area contributed by atoms with Gasteiger partial charge in [-0.25, -0.2) is 4.39 Å². The van der Waals surface area contributed by atoms with Crippen LogP contribution in [0.1, 0.15) is 55.2 Å².